The van der Waals surface area contributed by atoms with Gasteiger partial charge < -0.3 is 9.72 Å². The summed E-state index contributed by atoms with van der Waals surface area (Å²) in [4.78, 5) is 4.03. The van der Waals surface area contributed by atoms with E-state index < -0.39 is 0 Å². The molecule has 2 nitrogen and oxygen atoms in total. The molecule has 2 aromatic rings. The lowest BCUT2D eigenvalue weighted by molar-refractivity contribution is 0.415. The average Bonchev–Trinajstić information content (AvgIpc) is 2.62. The number of fused-ring (bicyclic) bond motifs is 1. The highest BCUT2D eigenvalue weighted by Crippen LogP contribution is 2.37. The second-order valence-electron chi connectivity index (χ2n) is 2.73. The Morgan fingerprint density at radius 2 is 2.21 bits per heavy atom. The monoisotopic (exact) mass is 247 g/mol. The molecule has 0 saturated heterocycles. The smallest absolute Gasteiger partial charge is 0.139 e. The van der Waals surface area contributed by atoms with Gasteiger partial charge in [-0.25, -0.2) is 0 Å². The fourth-order valence-electron chi connectivity index (χ4n) is 1.34. The largest absolute Gasteiger partial charge is 0.495 e. The first-order valence-corrected chi connectivity index (χ1v) is 5.92. The summed E-state index contributed by atoms with van der Waals surface area (Å²) in [5, 5.41) is 1.60. The number of aromatic nitrogens is 1. The van der Waals surface area contributed by atoms with Crippen LogP contribution in [0.3, 0.4) is 0 Å². The molecular formula is C9H7Cl2NOS. The van der Waals surface area contributed by atoms with Gasteiger partial charge in [0.1, 0.15) is 10.8 Å². The second kappa shape index (κ2) is 3.93. The van der Waals surface area contributed by atoms with E-state index in [0.29, 0.717) is 10.8 Å². The van der Waals surface area contributed by atoms with Gasteiger partial charge in [0.2, 0.25) is 0 Å². The van der Waals surface area contributed by atoms with Gasteiger partial charge in [-0.15, -0.1) is 0 Å². The van der Waals surface area contributed by atoms with Crippen LogP contribution in [0.2, 0.25) is 5.02 Å². The minimum atomic E-state index is 0.585. The van der Waals surface area contributed by atoms with Gasteiger partial charge in [-0.1, -0.05) is 11.6 Å². The summed E-state index contributed by atoms with van der Waals surface area (Å²) in [6, 6.07) is 3.76. The number of methoxy groups -OCH3 is 1. The third-order valence-corrected chi connectivity index (χ3v) is 3.40. The number of hydrogen-bond acceptors (Lipinski definition) is 2. The lowest BCUT2D eigenvalue weighted by Crippen LogP contribution is -1.84. The molecule has 0 fully saturated rings. The van der Waals surface area contributed by atoms with Gasteiger partial charge >= 0.3 is 0 Å². The van der Waals surface area contributed by atoms with E-state index in [1.54, 1.807) is 7.11 Å². The third-order valence-electron chi connectivity index (χ3n) is 2.02. The van der Waals surface area contributed by atoms with Crippen LogP contribution in [0.5, 0.6) is 5.75 Å². The Morgan fingerprint density at radius 1 is 1.43 bits per heavy atom. The van der Waals surface area contributed by atoms with Crippen LogP contribution in [0, 0.1) is 0 Å². The number of rotatable bonds is 2. The Morgan fingerprint density at radius 3 is 2.86 bits per heavy atom. The highest BCUT2D eigenvalue weighted by atomic mass is 35.7. The number of halogens is 2. The predicted molar refractivity (Wildman–Crippen MR) is 61.6 cm³/mol. The number of ether oxygens (including phenoxy) is 1. The fourth-order valence-corrected chi connectivity index (χ4v) is 2.38. The van der Waals surface area contributed by atoms with Gasteiger partial charge in [-0.3, -0.25) is 0 Å². The summed E-state index contributed by atoms with van der Waals surface area (Å²) < 4.78 is 5.10. The third kappa shape index (κ3) is 1.45. The van der Waals surface area contributed by atoms with Crippen molar-refractivity contribution in [2.24, 2.45) is 0 Å². The molecular weight excluding hydrogens is 241 g/mol. The molecule has 0 spiro atoms. The van der Waals surface area contributed by atoms with Crippen molar-refractivity contribution < 1.29 is 4.74 Å². The van der Waals surface area contributed by atoms with Crippen LogP contribution in [-0.4, -0.2) is 12.1 Å². The van der Waals surface area contributed by atoms with Crippen molar-refractivity contribution in [3.63, 3.8) is 0 Å². The summed E-state index contributed by atoms with van der Waals surface area (Å²) in [5.41, 5.74) is 0.856. The lowest BCUT2D eigenvalue weighted by atomic mass is 10.2. The summed E-state index contributed by atoms with van der Waals surface area (Å²) >= 11 is 6.10. The van der Waals surface area contributed by atoms with Crippen molar-refractivity contribution in [3.8, 4) is 5.75 Å². The molecule has 2 rings (SSSR count). The topological polar surface area (TPSA) is 25.0 Å². The molecule has 1 aromatic carbocycles. The zero-order valence-electron chi connectivity index (χ0n) is 7.30. The summed E-state index contributed by atoms with van der Waals surface area (Å²) in [5.74, 6) is 0.659. The molecule has 0 aliphatic carbocycles. The van der Waals surface area contributed by atoms with Crippen molar-refractivity contribution in [3.05, 3.63) is 23.4 Å². The lowest BCUT2D eigenvalue weighted by Gasteiger charge is -2.03. The molecule has 1 aromatic heterocycles. The first kappa shape index (κ1) is 10.0. The quantitative estimate of drug-likeness (QED) is 0.866. The van der Waals surface area contributed by atoms with Crippen LogP contribution >= 0.6 is 33.3 Å². The summed E-state index contributed by atoms with van der Waals surface area (Å²) in [6.07, 6.45) is 1.83. The molecule has 0 amide bonds. The van der Waals surface area contributed by atoms with E-state index in [-0.39, 0.29) is 0 Å². The van der Waals surface area contributed by atoms with Gasteiger partial charge in [0.15, 0.2) is 0 Å². The van der Waals surface area contributed by atoms with Gasteiger partial charge in [-0.05, 0) is 33.8 Å². The minimum Gasteiger partial charge on any atom is -0.495 e. The number of nitrogens with one attached hydrogen (secondary N) is 1. The first-order chi connectivity index (χ1) is 6.77. The maximum Gasteiger partial charge on any atom is 0.139 e. The number of aromatic amines is 1. The Kier molecular flexibility index (Phi) is 2.81. The van der Waals surface area contributed by atoms with Gasteiger partial charge in [0.25, 0.3) is 0 Å². The van der Waals surface area contributed by atoms with Crippen molar-refractivity contribution >= 4 is 44.2 Å². The molecule has 0 saturated carbocycles. The highest BCUT2D eigenvalue weighted by molar-refractivity contribution is 8.21. The van der Waals surface area contributed by atoms with E-state index in [0.717, 1.165) is 15.8 Å². The SMILES string of the molecule is COc1ccc2c(SCl)c[nH]c2c1Cl. The summed E-state index contributed by atoms with van der Waals surface area (Å²) in [7, 11) is 8.45. The van der Waals surface area contributed by atoms with Crippen molar-refractivity contribution in [2.75, 3.05) is 7.11 Å². The fraction of sp³-hybridized carbons (Fsp3) is 0.111. The van der Waals surface area contributed by atoms with Crippen molar-refractivity contribution in [1.29, 1.82) is 0 Å². The molecule has 1 heterocycles. The van der Waals surface area contributed by atoms with E-state index in [1.807, 2.05) is 18.3 Å². The minimum absolute atomic E-state index is 0.585. The summed E-state index contributed by atoms with van der Waals surface area (Å²) in [6.45, 7) is 0. The standard InChI is InChI=1S/C9H7Cl2NOS/c1-13-6-3-2-5-7(14-11)4-12-9(5)8(6)10/h2-4,12H,1H3. The van der Waals surface area contributed by atoms with Crippen molar-refractivity contribution in [2.45, 2.75) is 4.90 Å². The zero-order chi connectivity index (χ0) is 10.1. The zero-order valence-corrected chi connectivity index (χ0v) is 9.63. The maximum atomic E-state index is 6.10. The predicted octanol–water partition coefficient (Wildman–Crippen LogP) is 4.08. The second-order valence-corrected chi connectivity index (χ2v) is 4.17. The molecule has 1 N–H and O–H groups in total. The molecule has 74 valence electrons. The number of benzene rings is 1. The van der Waals surface area contributed by atoms with Gasteiger partial charge in [0, 0.05) is 16.5 Å². The Balaban J connectivity index is 2.72. The molecule has 14 heavy (non-hydrogen) atoms. The molecule has 5 heteroatoms. The van der Waals surface area contributed by atoms with Crippen molar-refractivity contribution in [1.82, 2.24) is 4.98 Å². The van der Waals surface area contributed by atoms with Crippen LogP contribution in [0.4, 0.5) is 0 Å². The Bertz CT molecular complexity index is 469. The maximum absolute atomic E-state index is 6.10. The Labute approximate surface area is 95.0 Å². The van der Waals surface area contributed by atoms with Crippen LogP contribution in [0.15, 0.2) is 23.2 Å². The Hall–Kier alpha value is -0.510. The van der Waals surface area contributed by atoms with Crippen LogP contribution in [-0.2, 0) is 0 Å². The van der Waals surface area contributed by atoms with E-state index in [4.69, 9.17) is 27.0 Å². The average molecular weight is 248 g/mol. The van der Waals surface area contributed by atoms with E-state index in [1.165, 1.54) is 11.0 Å². The van der Waals surface area contributed by atoms with Gasteiger partial charge in [-0.2, -0.15) is 0 Å². The highest BCUT2D eigenvalue weighted by Gasteiger charge is 2.10. The van der Waals surface area contributed by atoms with Gasteiger partial charge in [0.05, 0.1) is 12.6 Å². The van der Waals surface area contributed by atoms with Crippen LogP contribution < -0.4 is 4.74 Å². The number of hydrogen-bond donors (Lipinski definition) is 1. The molecule has 0 unspecified atom stereocenters. The molecule has 0 aliphatic heterocycles. The van der Waals surface area contributed by atoms with E-state index in [9.17, 15) is 0 Å². The molecule has 0 radical (unpaired) electrons. The van der Waals surface area contributed by atoms with E-state index >= 15 is 0 Å². The van der Waals surface area contributed by atoms with E-state index in [2.05, 4.69) is 4.98 Å². The normalized spacial score (nSPS) is 10.8. The van der Waals surface area contributed by atoms with Crippen LogP contribution in [0.1, 0.15) is 0 Å². The molecule has 0 bridgehead atoms. The van der Waals surface area contributed by atoms with Crippen LogP contribution in [0.25, 0.3) is 10.9 Å². The molecule has 0 atom stereocenters. The number of H-pyrrole nitrogens is 1. The first-order valence-electron chi connectivity index (χ1n) is 3.90. The molecule has 0 aliphatic rings.